The van der Waals surface area contributed by atoms with Crippen molar-refractivity contribution in [2.24, 2.45) is 5.92 Å². The number of nitrogens with one attached hydrogen (secondary N) is 1. The van der Waals surface area contributed by atoms with E-state index in [-0.39, 0.29) is 6.03 Å². The molecule has 0 aromatic carbocycles. The molecule has 19 heavy (non-hydrogen) atoms. The number of nitrogens with zero attached hydrogens (tertiary/aromatic N) is 2. The molecule has 2 fully saturated rings. The van der Waals surface area contributed by atoms with Crippen LogP contribution in [0.3, 0.4) is 0 Å². The summed E-state index contributed by atoms with van der Waals surface area (Å²) in [6.45, 7) is 1.98. The summed E-state index contributed by atoms with van der Waals surface area (Å²) in [4.78, 5) is 15.4. The van der Waals surface area contributed by atoms with Gasteiger partial charge in [-0.3, -0.25) is 0 Å². The molecule has 1 aliphatic carbocycles. The first kappa shape index (κ1) is 14.6. The molecule has 1 saturated carbocycles. The van der Waals surface area contributed by atoms with Gasteiger partial charge >= 0.3 is 6.03 Å². The number of likely N-dealkylation sites (tertiary alicyclic amines) is 1. The van der Waals surface area contributed by atoms with Crippen LogP contribution in [-0.4, -0.2) is 66.8 Å². The molecular weight excluding hydrogens is 242 g/mol. The van der Waals surface area contributed by atoms with Crippen LogP contribution < -0.4 is 5.32 Å². The normalized spacial score (nSPS) is 28.7. The number of carbonyl (C=O) groups is 1. The summed E-state index contributed by atoms with van der Waals surface area (Å²) in [5.74, 6) is 0.432. The van der Waals surface area contributed by atoms with Crippen molar-refractivity contribution in [3.05, 3.63) is 0 Å². The summed E-state index contributed by atoms with van der Waals surface area (Å²) in [5, 5.41) is 13.0. The summed E-state index contributed by atoms with van der Waals surface area (Å²) in [6.07, 6.45) is 5.59. The topological polar surface area (TPSA) is 55.8 Å². The van der Waals surface area contributed by atoms with Gasteiger partial charge in [0.15, 0.2) is 0 Å². The lowest BCUT2D eigenvalue weighted by Gasteiger charge is -2.36. The second-order valence-corrected chi connectivity index (χ2v) is 6.09. The first-order valence-corrected chi connectivity index (χ1v) is 7.45. The maximum Gasteiger partial charge on any atom is 0.319 e. The molecule has 2 unspecified atom stereocenters. The van der Waals surface area contributed by atoms with Crippen LogP contribution in [0.2, 0.25) is 0 Å². The number of aliphatic hydroxyl groups is 1. The van der Waals surface area contributed by atoms with Crippen LogP contribution in [0.5, 0.6) is 0 Å². The Kier molecular flexibility index (Phi) is 5.05. The number of carbonyl (C=O) groups excluding carboxylic acids is 1. The van der Waals surface area contributed by atoms with Crippen LogP contribution in [0.4, 0.5) is 4.79 Å². The first-order chi connectivity index (χ1) is 9.11. The van der Waals surface area contributed by atoms with Gasteiger partial charge < -0.3 is 20.2 Å². The number of rotatable bonds is 3. The maximum absolute atomic E-state index is 11.8. The van der Waals surface area contributed by atoms with Gasteiger partial charge in [-0.05, 0) is 31.6 Å². The van der Waals surface area contributed by atoms with Crippen LogP contribution in [0, 0.1) is 5.92 Å². The van der Waals surface area contributed by atoms with Gasteiger partial charge in [-0.1, -0.05) is 6.42 Å². The molecule has 1 aliphatic heterocycles. The highest BCUT2D eigenvalue weighted by Crippen LogP contribution is 2.26. The van der Waals surface area contributed by atoms with E-state index in [1.165, 1.54) is 12.8 Å². The molecule has 2 atom stereocenters. The van der Waals surface area contributed by atoms with E-state index in [2.05, 4.69) is 5.32 Å². The van der Waals surface area contributed by atoms with Gasteiger partial charge in [0.25, 0.3) is 0 Å². The minimum Gasteiger partial charge on any atom is -0.396 e. The Bertz CT molecular complexity index is 301. The zero-order valence-electron chi connectivity index (χ0n) is 12.1. The Hall–Kier alpha value is -0.810. The number of amides is 2. The van der Waals surface area contributed by atoms with E-state index < -0.39 is 0 Å². The first-order valence-electron chi connectivity index (χ1n) is 7.45. The number of hydrogen-bond donors (Lipinski definition) is 2. The van der Waals surface area contributed by atoms with Gasteiger partial charge in [-0.2, -0.15) is 0 Å². The molecule has 5 heteroatoms. The molecule has 2 amide bonds. The average Bonchev–Trinajstić information content (AvgIpc) is 2.86. The number of hydrogen-bond acceptors (Lipinski definition) is 3. The third-order valence-corrected chi connectivity index (χ3v) is 4.49. The summed E-state index contributed by atoms with van der Waals surface area (Å²) in [5.41, 5.74) is 0. The van der Waals surface area contributed by atoms with Gasteiger partial charge in [0.1, 0.15) is 0 Å². The second kappa shape index (κ2) is 6.57. The minimum atomic E-state index is 0.118. The minimum absolute atomic E-state index is 0.118. The zero-order valence-corrected chi connectivity index (χ0v) is 12.1. The fourth-order valence-electron chi connectivity index (χ4n) is 3.30. The van der Waals surface area contributed by atoms with E-state index >= 15 is 0 Å². The molecule has 0 aromatic rings. The molecule has 1 heterocycles. The van der Waals surface area contributed by atoms with Crippen LogP contribution in [0.15, 0.2) is 0 Å². The van der Waals surface area contributed by atoms with Crippen molar-refractivity contribution in [1.82, 2.24) is 15.1 Å². The van der Waals surface area contributed by atoms with Crippen molar-refractivity contribution < 1.29 is 9.90 Å². The fraction of sp³-hybridized carbons (Fsp3) is 0.929. The van der Waals surface area contributed by atoms with Crippen LogP contribution in [0.1, 0.15) is 32.1 Å². The van der Waals surface area contributed by atoms with E-state index in [9.17, 15) is 9.90 Å². The van der Waals surface area contributed by atoms with Crippen molar-refractivity contribution in [2.75, 3.05) is 33.8 Å². The van der Waals surface area contributed by atoms with Crippen molar-refractivity contribution in [3.63, 3.8) is 0 Å². The van der Waals surface area contributed by atoms with E-state index in [1.54, 1.807) is 19.0 Å². The van der Waals surface area contributed by atoms with Crippen LogP contribution >= 0.6 is 0 Å². The molecule has 0 bridgehead atoms. The number of aliphatic hydroxyl groups excluding tert-OH is 1. The molecule has 2 rings (SSSR count). The largest absolute Gasteiger partial charge is 0.396 e. The Morgan fingerprint density at radius 1 is 1.26 bits per heavy atom. The molecule has 5 nitrogen and oxygen atoms in total. The van der Waals surface area contributed by atoms with Crippen molar-refractivity contribution in [3.8, 4) is 0 Å². The van der Waals surface area contributed by atoms with Crippen LogP contribution in [-0.2, 0) is 0 Å². The lowest BCUT2D eigenvalue weighted by molar-refractivity contribution is 0.145. The lowest BCUT2D eigenvalue weighted by atomic mass is 10.00. The highest BCUT2D eigenvalue weighted by Gasteiger charge is 2.30. The molecule has 2 N–H and O–H groups in total. The standard InChI is InChI=1S/C14H27N3O2/c1-16(2)14(19)17-8-6-12(7-9-17)15-13-5-3-4-11(13)10-18/h11-13,15,18H,3-10H2,1-2H3. The van der Waals surface area contributed by atoms with Gasteiger partial charge in [0, 0.05) is 45.9 Å². The molecule has 110 valence electrons. The third-order valence-electron chi connectivity index (χ3n) is 4.49. The highest BCUT2D eigenvalue weighted by molar-refractivity contribution is 5.73. The molecule has 2 aliphatic rings. The molecule has 0 aromatic heterocycles. The van der Waals surface area contributed by atoms with Crippen molar-refractivity contribution in [2.45, 2.75) is 44.2 Å². The zero-order chi connectivity index (χ0) is 13.8. The summed E-state index contributed by atoms with van der Waals surface area (Å²) in [7, 11) is 3.61. The second-order valence-electron chi connectivity index (χ2n) is 6.09. The number of piperidine rings is 1. The Morgan fingerprint density at radius 2 is 1.95 bits per heavy atom. The fourth-order valence-corrected chi connectivity index (χ4v) is 3.30. The Morgan fingerprint density at radius 3 is 2.53 bits per heavy atom. The lowest BCUT2D eigenvalue weighted by Crippen LogP contribution is -2.50. The quantitative estimate of drug-likeness (QED) is 0.800. The van der Waals surface area contributed by atoms with E-state index in [4.69, 9.17) is 0 Å². The predicted molar refractivity (Wildman–Crippen MR) is 75.0 cm³/mol. The Balaban J connectivity index is 1.76. The van der Waals surface area contributed by atoms with E-state index in [1.807, 2.05) is 4.90 Å². The van der Waals surface area contributed by atoms with Crippen LogP contribution in [0.25, 0.3) is 0 Å². The number of urea groups is 1. The summed E-state index contributed by atoms with van der Waals surface area (Å²) in [6, 6.07) is 1.10. The summed E-state index contributed by atoms with van der Waals surface area (Å²) >= 11 is 0. The predicted octanol–water partition coefficient (Wildman–Crippen LogP) is 0.883. The maximum atomic E-state index is 11.8. The van der Waals surface area contributed by atoms with Gasteiger partial charge in [0.2, 0.25) is 0 Å². The van der Waals surface area contributed by atoms with Crippen molar-refractivity contribution >= 4 is 6.03 Å². The van der Waals surface area contributed by atoms with Gasteiger partial charge in [-0.15, -0.1) is 0 Å². The SMILES string of the molecule is CN(C)C(=O)N1CCC(NC2CCCC2CO)CC1. The molecule has 0 radical (unpaired) electrons. The average molecular weight is 269 g/mol. The molecule has 0 spiro atoms. The molecular formula is C14H27N3O2. The van der Waals surface area contributed by atoms with Gasteiger partial charge in [0.05, 0.1) is 0 Å². The van der Waals surface area contributed by atoms with E-state index in [0.717, 1.165) is 32.4 Å². The third kappa shape index (κ3) is 3.60. The van der Waals surface area contributed by atoms with Crippen molar-refractivity contribution in [1.29, 1.82) is 0 Å². The van der Waals surface area contributed by atoms with E-state index in [0.29, 0.717) is 24.6 Å². The van der Waals surface area contributed by atoms with Gasteiger partial charge in [-0.25, -0.2) is 4.79 Å². The smallest absolute Gasteiger partial charge is 0.319 e. The molecule has 1 saturated heterocycles. The highest BCUT2D eigenvalue weighted by atomic mass is 16.3. The Labute approximate surface area is 115 Å². The summed E-state index contributed by atoms with van der Waals surface area (Å²) < 4.78 is 0. The monoisotopic (exact) mass is 269 g/mol.